The normalized spacial score (nSPS) is 28.3. The fourth-order valence-corrected chi connectivity index (χ4v) is 7.95. The van der Waals surface area contributed by atoms with E-state index in [-0.39, 0.29) is 19.1 Å². The molecule has 0 heterocycles. The van der Waals surface area contributed by atoms with Gasteiger partial charge in [-0.2, -0.15) is 0 Å². The summed E-state index contributed by atoms with van der Waals surface area (Å²) in [7, 11) is 0. The number of aliphatic hydroxyl groups is 1. The molecule has 1 aromatic rings. The van der Waals surface area contributed by atoms with Crippen molar-refractivity contribution in [1.29, 1.82) is 0 Å². The van der Waals surface area contributed by atoms with E-state index in [1.165, 1.54) is 90.4 Å². The maximum atomic E-state index is 11.6. The Morgan fingerprint density at radius 2 is 1.66 bits per heavy atom. The molecule has 1 aromatic carbocycles. The third-order valence-electron chi connectivity index (χ3n) is 10.4. The number of hydrogen-bond acceptors (Lipinski definition) is 4. The molecule has 0 bridgehead atoms. The topological polar surface area (TPSA) is 63.6 Å². The number of rotatable bonds is 12. The Morgan fingerprint density at radius 1 is 0.947 bits per heavy atom. The first kappa shape index (κ1) is 29.3. The molecule has 2 unspecified atom stereocenters. The van der Waals surface area contributed by atoms with Crippen LogP contribution in [0, 0.1) is 29.6 Å². The Hall–Kier alpha value is -1.68. The number of ketones is 1. The molecule has 0 aromatic heterocycles. The highest BCUT2D eigenvalue weighted by molar-refractivity contribution is 6.32. The molecule has 4 rings (SSSR count). The molecule has 212 valence electrons. The highest BCUT2D eigenvalue weighted by Crippen LogP contribution is 2.45. The molecule has 0 saturated heterocycles. The Balaban J connectivity index is 1.22. The van der Waals surface area contributed by atoms with Gasteiger partial charge in [0.05, 0.1) is 6.61 Å². The lowest BCUT2D eigenvalue weighted by atomic mass is 9.66. The van der Waals surface area contributed by atoms with Crippen LogP contribution in [0.3, 0.4) is 0 Å². The summed E-state index contributed by atoms with van der Waals surface area (Å²) in [6.07, 6.45) is 20.3. The smallest absolute Gasteiger partial charge is 0.374 e. The van der Waals surface area contributed by atoms with Crippen molar-refractivity contribution in [1.82, 2.24) is 0 Å². The summed E-state index contributed by atoms with van der Waals surface area (Å²) < 4.78 is 5.23. The molecule has 4 nitrogen and oxygen atoms in total. The molecule has 3 aliphatic rings. The maximum absolute atomic E-state index is 11.6. The summed E-state index contributed by atoms with van der Waals surface area (Å²) in [4.78, 5) is 22.8. The van der Waals surface area contributed by atoms with Crippen molar-refractivity contribution < 1.29 is 19.4 Å². The van der Waals surface area contributed by atoms with Crippen LogP contribution in [-0.4, -0.2) is 30.1 Å². The zero-order valence-electron chi connectivity index (χ0n) is 24.1. The quantitative estimate of drug-likeness (QED) is 0.174. The van der Waals surface area contributed by atoms with E-state index in [0.29, 0.717) is 12.3 Å². The van der Waals surface area contributed by atoms with Crippen molar-refractivity contribution in [3.8, 4) is 0 Å². The van der Waals surface area contributed by atoms with Gasteiger partial charge in [-0.3, -0.25) is 4.79 Å². The molecule has 2 atom stereocenters. The van der Waals surface area contributed by atoms with E-state index in [2.05, 4.69) is 25.1 Å². The predicted octanol–water partition coefficient (Wildman–Crippen LogP) is 7.58. The number of fused-ring (bicyclic) bond motifs is 1. The summed E-state index contributed by atoms with van der Waals surface area (Å²) in [6.45, 7) is 3.92. The molecular formula is C34H52O4. The van der Waals surface area contributed by atoms with Crippen LogP contribution in [0.5, 0.6) is 0 Å². The fraction of sp³-hybridized carbons (Fsp3) is 0.765. The van der Waals surface area contributed by atoms with Crippen molar-refractivity contribution in [2.45, 2.75) is 122 Å². The minimum atomic E-state index is -0.746. The molecule has 0 radical (unpaired) electrons. The number of carbonyl (C=O) groups is 2. The van der Waals surface area contributed by atoms with E-state index in [1.807, 2.05) is 0 Å². The molecule has 2 fully saturated rings. The van der Waals surface area contributed by atoms with Gasteiger partial charge in [-0.15, -0.1) is 0 Å². The molecule has 0 spiro atoms. The first-order valence-corrected chi connectivity index (χ1v) is 15.9. The van der Waals surface area contributed by atoms with E-state index >= 15 is 0 Å². The van der Waals surface area contributed by atoms with Gasteiger partial charge < -0.3 is 9.84 Å². The largest absolute Gasteiger partial charge is 0.460 e. The van der Waals surface area contributed by atoms with Gasteiger partial charge in [-0.05, 0) is 129 Å². The zero-order chi connectivity index (χ0) is 26.9. The van der Waals surface area contributed by atoms with E-state index in [0.717, 1.165) is 36.5 Å². The van der Waals surface area contributed by atoms with Gasteiger partial charge in [0.2, 0.25) is 5.78 Å². The molecule has 0 amide bonds. The van der Waals surface area contributed by atoms with Crippen molar-refractivity contribution in [3.05, 3.63) is 34.9 Å². The summed E-state index contributed by atoms with van der Waals surface area (Å²) in [5, 5.41) is 9.53. The first-order chi connectivity index (χ1) is 18.5. The minimum absolute atomic E-state index is 0.106. The third kappa shape index (κ3) is 7.93. The number of aryl methyl sites for hydroxylation is 1. The van der Waals surface area contributed by atoms with Crippen LogP contribution in [0.4, 0.5) is 0 Å². The van der Waals surface area contributed by atoms with Gasteiger partial charge in [0, 0.05) is 13.5 Å². The van der Waals surface area contributed by atoms with Crippen LogP contribution in [0.15, 0.2) is 18.2 Å². The van der Waals surface area contributed by atoms with E-state index in [9.17, 15) is 14.7 Å². The number of benzene rings is 1. The van der Waals surface area contributed by atoms with Gasteiger partial charge in [-0.1, -0.05) is 50.8 Å². The van der Waals surface area contributed by atoms with Crippen molar-refractivity contribution >= 4 is 11.8 Å². The Morgan fingerprint density at radius 3 is 2.32 bits per heavy atom. The second-order valence-corrected chi connectivity index (χ2v) is 12.8. The standard InChI is InChI=1S/C34H52O4/c1-3-4-5-6-25-7-8-32-22-31(18-17-30(32)21-25)28-13-9-26(10-14-28)27-11-15-29(16-12-27)33(19-20-35)23-38-34(37)24(2)36/h17-18,22,25-29,33,35H,3-16,19-21,23H2,1-2H3. The molecular weight excluding hydrogens is 472 g/mol. The van der Waals surface area contributed by atoms with Gasteiger partial charge >= 0.3 is 5.97 Å². The second-order valence-electron chi connectivity index (χ2n) is 12.8. The number of aliphatic hydroxyl groups excluding tert-OH is 1. The van der Waals surface area contributed by atoms with Crippen LogP contribution >= 0.6 is 0 Å². The highest BCUT2D eigenvalue weighted by atomic mass is 16.5. The van der Waals surface area contributed by atoms with Gasteiger partial charge in [-0.25, -0.2) is 4.79 Å². The summed E-state index contributed by atoms with van der Waals surface area (Å²) >= 11 is 0. The van der Waals surface area contributed by atoms with Crippen molar-refractivity contribution in [2.75, 3.05) is 13.2 Å². The minimum Gasteiger partial charge on any atom is -0.460 e. The highest BCUT2D eigenvalue weighted by Gasteiger charge is 2.34. The summed E-state index contributed by atoms with van der Waals surface area (Å²) in [6, 6.07) is 7.51. The number of esters is 1. The SMILES string of the molecule is CCCCCC1CCc2cc(C3CCC(C4CCC(C(CCO)COC(=O)C(C)=O)CC4)CC3)ccc2C1. The molecule has 1 N–H and O–H groups in total. The van der Waals surface area contributed by atoms with E-state index in [4.69, 9.17) is 4.74 Å². The van der Waals surface area contributed by atoms with Crippen LogP contribution in [0.2, 0.25) is 0 Å². The second kappa shape index (κ2) is 14.6. The van der Waals surface area contributed by atoms with Crippen molar-refractivity contribution in [2.24, 2.45) is 29.6 Å². The average Bonchev–Trinajstić information content (AvgIpc) is 2.95. The van der Waals surface area contributed by atoms with Gasteiger partial charge in [0.15, 0.2) is 0 Å². The lowest BCUT2D eigenvalue weighted by Gasteiger charge is -2.40. The number of hydrogen-bond donors (Lipinski definition) is 1. The molecule has 2 saturated carbocycles. The van der Waals surface area contributed by atoms with Crippen LogP contribution in [-0.2, 0) is 27.2 Å². The lowest BCUT2D eigenvalue weighted by molar-refractivity contribution is -0.154. The summed E-state index contributed by atoms with van der Waals surface area (Å²) in [5.41, 5.74) is 4.87. The van der Waals surface area contributed by atoms with E-state index in [1.54, 1.807) is 16.7 Å². The maximum Gasteiger partial charge on any atom is 0.374 e. The van der Waals surface area contributed by atoms with Crippen LogP contribution in [0.25, 0.3) is 0 Å². The van der Waals surface area contributed by atoms with Gasteiger partial charge in [0.25, 0.3) is 0 Å². The van der Waals surface area contributed by atoms with Gasteiger partial charge in [0.1, 0.15) is 0 Å². The average molecular weight is 525 g/mol. The summed E-state index contributed by atoms with van der Waals surface area (Å²) in [5.74, 6) is 2.65. The Kier molecular flexibility index (Phi) is 11.3. The monoisotopic (exact) mass is 524 g/mol. The third-order valence-corrected chi connectivity index (χ3v) is 10.4. The number of Topliss-reactive ketones (excluding diaryl/α,β-unsaturated/α-hetero) is 1. The first-order valence-electron chi connectivity index (χ1n) is 15.9. The van der Waals surface area contributed by atoms with Crippen LogP contribution in [0.1, 0.15) is 126 Å². The molecule has 3 aliphatic carbocycles. The zero-order valence-corrected chi connectivity index (χ0v) is 24.1. The molecule has 0 aliphatic heterocycles. The van der Waals surface area contributed by atoms with E-state index < -0.39 is 11.8 Å². The fourth-order valence-electron chi connectivity index (χ4n) is 7.95. The Labute approximate surface area is 231 Å². The van der Waals surface area contributed by atoms with Crippen LogP contribution < -0.4 is 0 Å². The van der Waals surface area contributed by atoms with Crippen molar-refractivity contribution in [3.63, 3.8) is 0 Å². The number of carbonyl (C=O) groups excluding carboxylic acids is 2. The molecule has 4 heteroatoms. The predicted molar refractivity (Wildman–Crippen MR) is 153 cm³/mol. The number of unbranched alkanes of at least 4 members (excludes halogenated alkanes) is 2. The Bertz CT molecular complexity index is 892. The number of ether oxygens (including phenoxy) is 1. The molecule has 38 heavy (non-hydrogen) atoms. The lowest BCUT2D eigenvalue weighted by Crippen LogP contribution is -2.31.